The number of alkyl halides is 3. The molecule has 7 nitrogen and oxygen atoms in total. The Balaban J connectivity index is 1.97. The van der Waals surface area contributed by atoms with Gasteiger partial charge >= 0.3 is 12.1 Å². The topological polar surface area (TPSA) is 102 Å². The predicted octanol–water partition coefficient (Wildman–Crippen LogP) is 4.65. The van der Waals surface area contributed by atoms with Crippen molar-refractivity contribution in [1.29, 1.82) is 0 Å². The molecular formula is C21H23F3N2O5S2. The number of nitrogens with zero attached hydrogens (tertiary/aromatic N) is 1. The second kappa shape index (κ2) is 9.80. The van der Waals surface area contributed by atoms with Crippen LogP contribution in [0.15, 0.2) is 28.5 Å². The van der Waals surface area contributed by atoms with Crippen LogP contribution < -0.4 is 5.32 Å². The Hall–Kier alpha value is -2.47. The lowest BCUT2D eigenvalue weighted by atomic mass is 9.86. The molecule has 1 fully saturated rings. The van der Waals surface area contributed by atoms with E-state index < -0.39 is 44.3 Å². The third-order valence-corrected chi connectivity index (χ3v) is 7.51. The van der Waals surface area contributed by atoms with E-state index in [0.717, 1.165) is 49.2 Å². The molecule has 2 aromatic rings. The van der Waals surface area contributed by atoms with E-state index >= 15 is 0 Å². The van der Waals surface area contributed by atoms with Crippen molar-refractivity contribution in [2.75, 3.05) is 18.7 Å². The van der Waals surface area contributed by atoms with Gasteiger partial charge in [0.05, 0.1) is 23.5 Å². The number of aromatic nitrogens is 1. The Morgan fingerprint density at radius 3 is 2.52 bits per heavy atom. The van der Waals surface area contributed by atoms with Crippen LogP contribution in [-0.4, -0.2) is 38.6 Å². The second-order valence-electron chi connectivity index (χ2n) is 7.98. The largest absolute Gasteiger partial charge is 0.464 e. The van der Waals surface area contributed by atoms with E-state index in [-0.39, 0.29) is 22.3 Å². The quantitative estimate of drug-likeness (QED) is 0.551. The first-order valence-corrected chi connectivity index (χ1v) is 12.9. The van der Waals surface area contributed by atoms with Gasteiger partial charge in [-0.2, -0.15) is 13.2 Å². The Labute approximate surface area is 193 Å². The minimum absolute atomic E-state index is 0.00186. The number of carbonyl (C=O) groups is 2. The zero-order valence-corrected chi connectivity index (χ0v) is 19.6. The Morgan fingerprint density at radius 1 is 1.27 bits per heavy atom. The molecule has 12 heteroatoms. The Kier molecular flexibility index (Phi) is 7.47. The highest BCUT2D eigenvalue weighted by molar-refractivity contribution is 7.90. The molecule has 33 heavy (non-hydrogen) atoms. The van der Waals surface area contributed by atoms with Gasteiger partial charge < -0.3 is 10.1 Å². The van der Waals surface area contributed by atoms with Crippen LogP contribution in [0.2, 0.25) is 0 Å². The standard InChI is InChI=1S/C21H23F3N2O5S2/c1-31-19(28)16-11-32-20(25-16)26-18(27)14(9-12-5-3-4-6-12)13-7-8-17(33(2,29)30)15(10-13)21(22,23)24/h7-8,10-12,14H,3-6,9H2,1-2H3,(H,25,26,27). The summed E-state index contributed by atoms with van der Waals surface area (Å²) in [5, 5.41) is 4.09. The third-order valence-electron chi connectivity index (χ3n) is 5.60. The Bertz CT molecular complexity index is 1140. The molecule has 1 aromatic heterocycles. The van der Waals surface area contributed by atoms with Gasteiger partial charge in [-0.15, -0.1) is 11.3 Å². The molecule has 1 heterocycles. The van der Waals surface area contributed by atoms with E-state index in [0.29, 0.717) is 12.7 Å². The maximum absolute atomic E-state index is 13.7. The number of sulfone groups is 1. The predicted molar refractivity (Wildman–Crippen MR) is 116 cm³/mol. The fourth-order valence-corrected chi connectivity index (χ4v) is 5.58. The van der Waals surface area contributed by atoms with Gasteiger partial charge in [0.2, 0.25) is 5.91 Å². The summed E-state index contributed by atoms with van der Waals surface area (Å²) in [4.78, 5) is 27.9. The number of amides is 1. The minimum atomic E-state index is -4.91. The minimum Gasteiger partial charge on any atom is -0.464 e. The SMILES string of the molecule is COC(=O)c1csc(NC(=O)C(CC2CCCC2)c2ccc(S(C)(=O)=O)c(C(F)(F)F)c2)n1. The van der Waals surface area contributed by atoms with Gasteiger partial charge in [0.15, 0.2) is 20.7 Å². The van der Waals surface area contributed by atoms with Crippen molar-refractivity contribution in [3.05, 3.63) is 40.4 Å². The van der Waals surface area contributed by atoms with Crippen molar-refractivity contribution in [3.63, 3.8) is 0 Å². The number of methoxy groups -OCH3 is 1. The van der Waals surface area contributed by atoms with Crippen molar-refractivity contribution in [3.8, 4) is 0 Å². The van der Waals surface area contributed by atoms with Crippen LogP contribution in [0.1, 0.15) is 59.6 Å². The molecule has 3 rings (SSSR count). The van der Waals surface area contributed by atoms with Crippen LogP contribution in [0.25, 0.3) is 0 Å². The number of ether oxygens (including phenoxy) is 1. The van der Waals surface area contributed by atoms with E-state index in [1.165, 1.54) is 18.6 Å². The summed E-state index contributed by atoms with van der Waals surface area (Å²) < 4.78 is 69.4. The molecule has 1 N–H and O–H groups in total. The number of anilines is 1. The molecule has 0 radical (unpaired) electrons. The first-order chi connectivity index (χ1) is 15.4. The maximum Gasteiger partial charge on any atom is 0.417 e. The van der Waals surface area contributed by atoms with Crippen LogP contribution in [0, 0.1) is 5.92 Å². The Morgan fingerprint density at radius 2 is 1.94 bits per heavy atom. The fourth-order valence-electron chi connectivity index (χ4n) is 4.01. The van der Waals surface area contributed by atoms with Crippen LogP contribution in [0.3, 0.4) is 0 Å². The number of benzene rings is 1. The van der Waals surface area contributed by atoms with Crippen molar-refractivity contribution in [2.24, 2.45) is 5.92 Å². The molecule has 1 aromatic carbocycles. The average molecular weight is 505 g/mol. The average Bonchev–Trinajstić information content (AvgIpc) is 3.41. The van der Waals surface area contributed by atoms with Crippen LogP contribution >= 0.6 is 11.3 Å². The van der Waals surface area contributed by atoms with Gasteiger partial charge in [-0.3, -0.25) is 4.79 Å². The molecule has 1 unspecified atom stereocenters. The number of hydrogen-bond acceptors (Lipinski definition) is 7. The molecule has 1 atom stereocenters. The molecular weight excluding hydrogens is 481 g/mol. The van der Waals surface area contributed by atoms with Crippen molar-refractivity contribution >= 4 is 38.2 Å². The van der Waals surface area contributed by atoms with Gasteiger partial charge in [-0.25, -0.2) is 18.2 Å². The van der Waals surface area contributed by atoms with E-state index in [2.05, 4.69) is 15.0 Å². The van der Waals surface area contributed by atoms with Crippen LogP contribution in [-0.2, 0) is 25.5 Å². The molecule has 1 saturated carbocycles. The second-order valence-corrected chi connectivity index (χ2v) is 10.8. The lowest BCUT2D eigenvalue weighted by Crippen LogP contribution is -2.24. The molecule has 0 aliphatic heterocycles. The summed E-state index contributed by atoms with van der Waals surface area (Å²) in [6.07, 6.45) is -0.197. The molecule has 1 amide bonds. The van der Waals surface area contributed by atoms with Crippen molar-refractivity contribution in [1.82, 2.24) is 4.98 Å². The smallest absolute Gasteiger partial charge is 0.417 e. The zero-order valence-electron chi connectivity index (χ0n) is 17.9. The highest BCUT2D eigenvalue weighted by Gasteiger charge is 2.38. The van der Waals surface area contributed by atoms with E-state index in [4.69, 9.17) is 0 Å². The molecule has 1 aliphatic rings. The van der Waals surface area contributed by atoms with Gasteiger partial charge in [-0.1, -0.05) is 31.7 Å². The maximum atomic E-state index is 13.7. The number of nitrogens with one attached hydrogen (secondary N) is 1. The molecule has 0 spiro atoms. The summed E-state index contributed by atoms with van der Waals surface area (Å²) in [6.45, 7) is 0. The molecule has 0 bridgehead atoms. The number of hydrogen-bond donors (Lipinski definition) is 1. The molecule has 1 aliphatic carbocycles. The van der Waals surface area contributed by atoms with Gasteiger partial charge in [0.25, 0.3) is 0 Å². The number of thiazole rings is 1. The van der Waals surface area contributed by atoms with Crippen LogP contribution in [0.5, 0.6) is 0 Å². The number of carbonyl (C=O) groups excluding carboxylic acids is 2. The normalized spacial score (nSPS) is 15.9. The fraction of sp³-hybridized carbons (Fsp3) is 0.476. The van der Waals surface area contributed by atoms with Gasteiger partial charge in [0, 0.05) is 11.6 Å². The van der Waals surface area contributed by atoms with Crippen LogP contribution in [0.4, 0.5) is 18.3 Å². The number of esters is 1. The first kappa shape index (κ1) is 25.2. The molecule has 0 saturated heterocycles. The summed E-state index contributed by atoms with van der Waals surface area (Å²) in [6, 6.07) is 2.91. The third kappa shape index (κ3) is 6.11. The lowest BCUT2D eigenvalue weighted by Gasteiger charge is -2.22. The number of halogens is 3. The van der Waals surface area contributed by atoms with Crippen molar-refractivity contribution < 1.29 is 35.9 Å². The van der Waals surface area contributed by atoms with E-state index in [1.807, 2.05) is 0 Å². The highest BCUT2D eigenvalue weighted by atomic mass is 32.2. The molecule has 180 valence electrons. The van der Waals surface area contributed by atoms with E-state index in [1.54, 1.807) is 0 Å². The summed E-state index contributed by atoms with van der Waals surface area (Å²) in [5.41, 5.74) is -1.22. The first-order valence-electron chi connectivity index (χ1n) is 10.2. The van der Waals surface area contributed by atoms with Crippen molar-refractivity contribution in [2.45, 2.75) is 49.1 Å². The van der Waals surface area contributed by atoms with E-state index in [9.17, 15) is 31.2 Å². The monoisotopic (exact) mass is 504 g/mol. The highest BCUT2D eigenvalue weighted by Crippen LogP contribution is 2.39. The zero-order chi connectivity index (χ0) is 24.4. The van der Waals surface area contributed by atoms with Gasteiger partial charge in [-0.05, 0) is 30.0 Å². The summed E-state index contributed by atoms with van der Waals surface area (Å²) in [5.74, 6) is -2.05. The lowest BCUT2D eigenvalue weighted by molar-refractivity contribution is -0.140. The van der Waals surface area contributed by atoms with Gasteiger partial charge in [0.1, 0.15) is 0 Å². The summed E-state index contributed by atoms with van der Waals surface area (Å²) >= 11 is 0.987. The number of rotatable bonds is 7. The summed E-state index contributed by atoms with van der Waals surface area (Å²) in [7, 11) is -2.94.